The lowest BCUT2D eigenvalue weighted by molar-refractivity contribution is -0.161. The molecule has 2 atom stereocenters. The molecule has 0 rings (SSSR count). The van der Waals surface area contributed by atoms with Crippen molar-refractivity contribution >= 4 is 19.8 Å². The quantitative estimate of drug-likeness (QED) is 0.0283. The lowest BCUT2D eigenvalue weighted by Crippen LogP contribution is -2.29. The van der Waals surface area contributed by atoms with Crippen LogP contribution in [0.4, 0.5) is 0 Å². The number of carbonyl (C=O) groups is 2. The summed E-state index contributed by atoms with van der Waals surface area (Å²) < 4.78 is 32.0. The Labute approximate surface area is 332 Å². The van der Waals surface area contributed by atoms with Crippen LogP contribution in [0.5, 0.6) is 0 Å². The van der Waals surface area contributed by atoms with Crippen LogP contribution in [-0.2, 0) is 32.7 Å². The van der Waals surface area contributed by atoms with Crippen LogP contribution in [0.25, 0.3) is 0 Å². The second kappa shape index (κ2) is 40.9. The van der Waals surface area contributed by atoms with E-state index in [1.165, 1.54) is 116 Å². The fourth-order valence-electron chi connectivity index (χ4n) is 6.14. The summed E-state index contributed by atoms with van der Waals surface area (Å²) in [5.74, 6) is -0.818. The van der Waals surface area contributed by atoms with Crippen molar-refractivity contribution in [2.24, 2.45) is 0 Å². The van der Waals surface area contributed by atoms with Gasteiger partial charge in [-0.15, -0.1) is 0 Å². The minimum Gasteiger partial charge on any atom is -0.462 e. The molecule has 0 saturated carbocycles. The minimum atomic E-state index is -4.26. The van der Waals surface area contributed by atoms with Crippen molar-refractivity contribution in [2.75, 3.05) is 20.3 Å². The maximum Gasteiger partial charge on any atom is 0.472 e. The standard InChI is InChI=1S/C45H83O8P/c1-4-6-8-10-12-14-16-18-20-21-22-23-24-25-26-28-29-31-33-35-37-39-44(46)51-41-43(42-52-54(48,49)50-3)53-45(47)40-38-36-34-32-30-27-19-17-15-13-11-9-7-5-2/h11,13,17,19,21-22,43H,4-10,12,14-16,18,20,23-42H2,1-3H3,(H,48,49)/b13-11-,19-17-,22-21-. The van der Waals surface area contributed by atoms with E-state index in [0.29, 0.717) is 6.42 Å². The van der Waals surface area contributed by atoms with E-state index in [0.717, 1.165) is 71.3 Å². The second-order valence-electron chi connectivity index (χ2n) is 14.8. The van der Waals surface area contributed by atoms with Gasteiger partial charge < -0.3 is 14.4 Å². The van der Waals surface area contributed by atoms with Crippen LogP contribution in [-0.4, -0.2) is 43.3 Å². The molecule has 0 aromatic heterocycles. The van der Waals surface area contributed by atoms with Gasteiger partial charge in [0, 0.05) is 20.0 Å². The highest BCUT2D eigenvalue weighted by Crippen LogP contribution is 2.42. The van der Waals surface area contributed by atoms with Crippen molar-refractivity contribution < 1.29 is 37.6 Å². The SMILES string of the molecule is CCCC/C=C\C/C=C\CCCCCCCC(=O)OC(COC(=O)CCCCCCCCCCC/C=C\CCCCCCCCCC)COP(=O)(O)OC. The second-order valence-corrected chi connectivity index (χ2v) is 16.4. The lowest BCUT2D eigenvalue weighted by Gasteiger charge is -2.19. The number of hydrogen-bond donors (Lipinski definition) is 1. The first-order chi connectivity index (χ1) is 26.3. The van der Waals surface area contributed by atoms with E-state index in [2.05, 4.69) is 54.8 Å². The van der Waals surface area contributed by atoms with Crippen LogP contribution in [0.1, 0.15) is 213 Å². The third-order valence-electron chi connectivity index (χ3n) is 9.61. The number of phosphoric acid groups is 1. The maximum absolute atomic E-state index is 12.5. The molecule has 2 unspecified atom stereocenters. The Hall–Kier alpha value is -1.73. The molecule has 0 aromatic rings. The number of phosphoric ester groups is 1. The number of rotatable bonds is 41. The number of ether oxygens (including phenoxy) is 2. The summed E-state index contributed by atoms with van der Waals surface area (Å²) in [4.78, 5) is 34.5. The molecular formula is C45H83O8P. The third kappa shape index (κ3) is 39.9. The van der Waals surface area contributed by atoms with Crippen LogP contribution in [0.15, 0.2) is 36.5 Å². The average Bonchev–Trinajstić information content (AvgIpc) is 3.16. The van der Waals surface area contributed by atoms with Crippen molar-refractivity contribution in [1.82, 2.24) is 0 Å². The van der Waals surface area contributed by atoms with Gasteiger partial charge in [-0.1, -0.05) is 172 Å². The van der Waals surface area contributed by atoms with Crippen molar-refractivity contribution in [3.8, 4) is 0 Å². The van der Waals surface area contributed by atoms with Crippen molar-refractivity contribution in [3.05, 3.63) is 36.5 Å². The van der Waals surface area contributed by atoms with Crippen molar-refractivity contribution in [1.29, 1.82) is 0 Å². The van der Waals surface area contributed by atoms with Gasteiger partial charge in [0.05, 0.1) is 6.61 Å². The Bertz CT molecular complexity index is 979. The number of hydrogen-bond acceptors (Lipinski definition) is 7. The zero-order chi connectivity index (χ0) is 39.6. The van der Waals surface area contributed by atoms with E-state index in [1.807, 2.05) is 0 Å². The Kier molecular flexibility index (Phi) is 39.6. The molecule has 0 radical (unpaired) electrons. The zero-order valence-corrected chi connectivity index (χ0v) is 36.0. The van der Waals surface area contributed by atoms with Gasteiger partial charge in [0.2, 0.25) is 0 Å². The molecule has 0 spiro atoms. The highest BCUT2D eigenvalue weighted by Gasteiger charge is 2.24. The Morgan fingerprint density at radius 1 is 0.519 bits per heavy atom. The molecule has 0 fully saturated rings. The molecule has 8 nitrogen and oxygen atoms in total. The first-order valence-electron chi connectivity index (χ1n) is 22.2. The van der Waals surface area contributed by atoms with E-state index in [9.17, 15) is 19.0 Å². The monoisotopic (exact) mass is 783 g/mol. The Balaban J connectivity index is 3.95. The largest absolute Gasteiger partial charge is 0.472 e. The summed E-state index contributed by atoms with van der Waals surface area (Å²) in [6, 6.07) is 0. The summed E-state index contributed by atoms with van der Waals surface area (Å²) in [6.07, 6.45) is 47.7. The van der Waals surface area contributed by atoms with Crippen LogP contribution in [0, 0.1) is 0 Å². The van der Waals surface area contributed by atoms with E-state index in [1.54, 1.807) is 0 Å². The Morgan fingerprint density at radius 2 is 0.907 bits per heavy atom. The first kappa shape index (κ1) is 52.3. The predicted octanol–water partition coefficient (Wildman–Crippen LogP) is 14.0. The molecule has 0 aliphatic heterocycles. The zero-order valence-electron chi connectivity index (χ0n) is 35.1. The molecule has 0 saturated heterocycles. The van der Waals surface area contributed by atoms with Crippen LogP contribution < -0.4 is 0 Å². The summed E-state index contributed by atoms with van der Waals surface area (Å²) in [5.41, 5.74) is 0. The van der Waals surface area contributed by atoms with E-state index in [-0.39, 0.29) is 25.4 Å². The third-order valence-corrected chi connectivity index (χ3v) is 10.5. The van der Waals surface area contributed by atoms with Gasteiger partial charge in [-0.05, 0) is 64.2 Å². The maximum atomic E-state index is 12.5. The number of esters is 2. The van der Waals surface area contributed by atoms with E-state index < -0.39 is 26.5 Å². The molecule has 0 heterocycles. The number of unbranched alkanes of at least 4 members (excludes halogenated alkanes) is 24. The molecule has 0 aliphatic rings. The van der Waals surface area contributed by atoms with Gasteiger partial charge in [-0.3, -0.25) is 18.6 Å². The topological polar surface area (TPSA) is 108 Å². The van der Waals surface area contributed by atoms with Crippen LogP contribution >= 0.6 is 7.82 Å². The fourth-order valence-corrected chi connectivity index (χ4v) is 6.60. The van der Waals surface area contributed by atoms with Gasteiger partial charge in [-0.2, -0.15) is 0 Å². The lowest BCUT2D eigenvalue weighted by atomic mass is 10.1. The molecule has 0 amide bonds. The molecule has 0 bridgehead atoms. The van der Waals surface area contributed by atoms with E-state index >= 15 is 0 Å². The number of allylic oxidation sites excluding steroid dienone is 6. The highest BCUT2D eigenvalue weighted by atomic mass is 31.2. The molecule has 0 aliphatic carbocycles. The van der Waals surface area contributed by atoms with Gasteiger partial charge in [0.25, 0.3) is 0 Å². The average molecular weight is 783 g/mol. The summed E-state index contributed by atoms with van der Waals surface area (Å²) in [6.45, 7) is 3.84. The molecule has 54 heavy (non-hydrogen) atoms. The first-order valence-corrected chi connectivity index (χ1v) is 23.7. The van der Waals surface area contributed by atoms with Gasteiger partial charge in [0.1, 0.15) is 6.61 Å². The van der Waals surface area contributed by atoms with Gasteiger partial charge in [0.15, 0.2) is 6.10 Å². The fraction of sp³-hybridized carbons (Fsp3) is 0.822. The minimum absolute atomic E-state index is 0.229. The smallest absolute Gasteiger partial charge is 0.462 e. The normalized spacial score (nSPS) is 13.6. The summed E-state index contributed by atoms with van der Waals surface area (Å²) >= 11 is 0. The van der Waals surface area contributed by atoms with Crippen molar-refractivity contribution in [3.63, 3.8) is 0 Å². The number of carbonyl (C=O) groups excluding carboxylic acids is 2. The molecule has 9 heteroatoms. The molecule has 0 aromatic carbocycles. The predicted molar refractivity (Wildman–Crippen MR) is 226 cm³/mol. The highest BCUT2D eigenvalue weighted by molar-refractivity contribution is 7.47. The van der Waals surface area contributed by atoms with Gasteiger partial charge >= 0.3 is 19.8 Å². The van der Waals surface area contributed by atoms with Crippen LogP contribution in [0.3, 0.4) is 0 Å². The molecular weight excluding hydrogens is 699 g/mol. The van der Waals surface area contributed by atoms with Crippen molar-refractivity contribution in [2.45, 2.75) is 219 Å². The van der Waals surface area contributed by atoms with Gasteiger partial charge in [-0.25, -0.2) is 4.57 Å². The Morgan fingerprint density at radius 3 is 1.37 bits per heavy atom. The van der Waals surface area contributed by atoms with Crippen LogP contribution in [0.2, 0.25) is 0 Å². The summed E-state index contributed by atoms with van der Waals surface area (Å²) in [5, 5.41) is 0. The van der Waals surface area contributed by atoms with E-state index in [4.69, 9.17) is 14.0 Å². The molecule has 1 N–H and O–H groups in total. The molecule has 316 valence electrons. The summed E-state index contributed by atoms with van der Waals surface area (Å²) in [7, 11) is -3.21.